The van der Waals surface area contributed by atoms with Gasteiger partial charge in [0.25, 0.3) is 5.91 Å². The first kappa shape index (κ1) is 24.8. The Bertz CT molecular complexity index is 965. The lowest BCUT2D eigenvalue weighted by Crippen LogP contribution is -2.21. The van der Waals surface area contributed by atoms with E-state index in [0.717, 1.165) is 0 Å². The highest BCUT2D eigenvalue weighted by molar-refractivity contribution is 6.31. The Morgan fingerprint density at radius 1 is 0.812 bits per heavy atom. The molecule has 0 aromatic heterocycles. The van der Waals surface area contributed by atoms with Gasteiger partial charge in [-0.15, -0.1) is 0 Å². The zero-order chi connectivity index (χ0) is 23.5. The van der Waals surface area contributed by atoms with Gasteiger partial charge in [0.1, 0.15) is 17.2 Å². The van der Waals surface area contributed by atoms with Crippen LogP contribution in [0.3, 0.4) is 0 Å². The first-order valence-electron chi connectivity index (χ1n) is 9.67. The van der Waals surface area contributed by atoms with Gasteiger partial charge in [0.2, 0.25) is 5.91 Å². The molecular formula is C22H25ClN2O7. The predicted molar refractivity (Wildman–Crippen MR) is 120 cm³/mol. The van der Waals surface area contributed by atoms with Crippen molar-refractivity contribution in [2.24, 2.45) is 0 Å². The van der Waals surface area contributed by atoms with Crippen molar-refractivity contribution in [1.29, 1.82) is 0 Å². The summed E-state index contributed by atoms with van der Waals surface area (Å²) >= 11 is 5.93. The number of rotatable bonds is 11. The number of ether oxygens (including phenoxy) is 4. The maximum Gasteiger partial charge on any atom is 0.306 e. The Morgan fingerprint density at radius 2 is 1.44 bits per heavy atom. The molecule has 0 heterocycles. The summed E-state index contributed by atoms with van der Waals surface area (Å²) in [5.74, 6) is 0.0169. The van der Waals surface area contributed by atoms with Gasteiger partial charge in [0.15, 0.2) is 6.61 Å². The van der Waals surface area contributed by atoms with Crippen molar-refractivity contribution in [3.05, 3.63) is 41.4 Å². The highest BCUT2D eigenvalue weighted by Crippen LogP contribution is 2.29. The molecule has 0 bridgehead atoms. The number of hydrogen-bond donors (Lipinski definition) is 2. The quantitative estimate of drug-likeness (QED) is 0.488. The first-order valence-corrected chi connectivity index (χ1v) is 10.0. The molecule has 0 aliphatic carbocycles. The number of hydrogen-bond acceptors (Lipinski definition) is 7. The van der Waals surface area contributed by atoms with Crippen molar-refractivity contribution in [2.75, 3.05) is 38.6 Å². The molecule has 0 aliphatic heterocycles. The van der Waals surface area contributed by atoms with E-state index in [2.05, 4.69) is 10.6 Å². The summed E-state index contributed by atoms with van der Waals surface area (Å²) in [6.45, 7) is -0.467. The van der Waals surface area contributed by atoms with Crippen LogP contribution in [-0.2, 0) is 19.1 Å². The van der Waals surface area contributed by atoms with Crippen molar-refractivity contribution in [3.8, 4) is 17.2 Å². The molecule has 0 saturated carbocycles. The Kier molecular flexibility index (Phi) is 9.62. The van der Waals surface area contributed by atoms with Crippen molar-refractivity contribution in [2.45, 2.75) is 19.3 Å². The van der Waals surface area contributed by atoms with Crippen molar-refractivity contribution in [1.82, 2.24) is 0 Å². The Morgan fingerprint density at radius 3 is 2.09 bits per heavy atom. The molecule has 2 aromatic carbocycles. The SMILES string of the molecule is COc1ccc(OC)c(NC(=O)COC(=O)CCCC(=O)Nc2cc(Cl)ccc2OC)c1. The number of halogens is 1. The average Bonchev–Trinajstić information content (AvgIpc) is 2.77. The lowest BCUT2D eigenvalue weighted by Gasteiger charge is -2.12. The van der Waals surface area contributed by atoms with E-state index in [9.17, 15) is 14.4 Å². The minimum Gasteiger partial charge on any atom is -0.497 e. The maximum atomic E-state index is 12.1. The number of amides is 2. The molecule has 0 fully saturated rings. The lowest BCUT2D eigenvalue weighted by atomic mass is 10.2. The van der Waals surface area contributed by atoms with Crippen LogP contribution in [0.4, 0.5) is 11.4 Å². The molecule has 0 radical (unpaired) electrons. The van der Waals surface area contributed by atoms with E-state index >= 15 is 0 Å². The van der Waals surface area contributed by atoms with Crippen LogP contribution in [0.1, 0.15) is 19.3 Å². The zero-order valence-corrected chi connectivity index (χ0v) is 18.8. The second kappa shape index (κ2) is 12.4. The van der Waals surface area contributed by atoms with Crippen LogP contribution in [0.15, 0.2) is 36.4 Å². The monoisotopic (exact) mass is 464 g/mol. The van der Waals surface area contributed by atoms with Gasteiger partial charge in [0, 0.05) is 23.9 Å². The standard InChI is InChI=1S/C22H25ClN2O7/c1-29-15-8-10-19(31-3)17(12-15)25-21(27)13-32-22(28)6-4-5-20(26)24-16-11-14(23)7-9-18(16)30-2/h7-12H,4-6,13H2,1-3H3,(H,24,26)(H,25,27). The average molecular weight is 465 g/mol. The summed E-state index contributed by atoms with van der Waals surface area (Å²) in [6.07, 6.45) is 0.312. The molecular weight excluding hydrogens is 440 g/mol. The topological polar surface area (TPSA) is 112 Å². The molecule has 2 rings (SSSR count). The van der Waals surface area contributed by atoms with Crippen molar-refractivity contribution >= 4 is 40.8 Å². The van der Waals surface area contributed by atoms with Gasteiger partial charge in [0.05, 0.1) is 32.7 Å². The Labute approximate surface area is 190 Å². The fourth-order valence-electron chi connectivity index (χ4n) is 2.70. The number of esters is 1. The summed E-state index contributed by atoms with van der Waals surface area (Å²) in [5.41, 5.74) is 0.832. The van der Waals surface area contributed by atoms with E-state index in [-0.39, 0.29) is 25.2 Å². The first-order chi connectivity index (χ1) is 15.4. The van der Waals surface area contributed by atoms with E-state index < -0.39 is 18.5 Å². The maximum absolute atomic E-state index is 12.1. The molecule has 2 aromatic rings. The van der Waals surface area contributed by atoms with E-state index in [4.69, 9.17) is 30.5 Å². The minimum absolute atomic E-state index is 0.0180. The molecule has 10 heteroatoms. The summed E-state index contributed by atoms with van der Waals surface area (Å²) in [4.78, 5) is 36.1. The molecule has 0 atom stereocenters. The van der Waals surface area contributed by atoms with Gasteiger partial charge >= 0.3 is 5.97 Å². The second-order valence-corrected chi connectivity index (χ2v) is 6.96. The molecule has 172 valence electrons. The Hall–Kier alpha value is -3.46. The minimum atomic E-state index is -0.592. The normalized spacial score (nSPS) is 10.1. The van der Waals surface area contributed by atoms with Gasteiger partial charge in [-0.25, -0.2) is 0 Å². The third kappa shape index (κ3) is 7.66. The van der Waals surface area contributed by atoms with E-state index in [1.54, 1.807) is 36.4 Å². The van der Waals surface area contributed by atoms with E-state index in [1.165, 1.54) is 21.3 Å². The zero-order valence-electron chi connectivity index (χ0n) is 18.0. The van der Waals surface area contributed by atoms with Gasteiger partial charge in [-0.05, 0) is 36.8 Å². The number of methoxy groups -OCH3 is 3. The third-order valence-corrected chi connectivity index (χ3v) is 4.50. The molecule has 9 nitrogen and oxygen atoms in total. The van der Waals surface area contributed by atoms with Crippen LogP contribution < -0.4 is 24.8 Å². The lowest BCUT2D eigenvalue weighted by molar-refractivity contribution is -0.147. The highest BCUT2D eigenvalue weighted by Gasteiger charge is 2.13. The van der Waals surface area contributed by atoms with Crippen LogP contribution in [0.25, 0.3) is 0 Å². The summed E-state index contributed by atoms with van der Waals surface area (Å²) < 4.78 is 20.4. The van der Waals surface area contributed by atoms with Gasteiger partial charge in [-0.1, -0.05) is 11.6 Å². The van der Waals surface area contributed by atoms with Crippen LogP contribution >= 0.6 is 11.6 Å². The second-order valence-electron chi connectivity index (χ2n) is 6.52. The fourth-order valence-corrected chi connectivity index (χ4v) is 2.87. The molecule has 0 spiro atoms. The summed E-state index contributed by atoms with van der Waals surface area (Å²) in [7, 11) is 4.45. The van der Waals surface area contributed by atoms with Gasteiger partial charge in [-0.2, -0.15) is 0 Å². The van der Waals surface area contributed by atoms with E-state index in [0.29, 0.717) is 33.6 Å². The molecule has 32 heavy (non-hydrogen) atoms. The molecule has 0 unspecified atom stereocenters. The number of benzene rings is 2. The van der Waals surface area contributed by atoms with Crippen LogP contribution in [0.5, 0.6) is 17.2 Å². The fraction of sp³-hybridized carbons (Fsp3) is 0.318. The summed E-state index contributed by atoms with van der Waals surface area (Å²) in [5, 5.41) is 5.74. The number of nitrogens with one attached hydrogen (secondary N) is 2. The largest absolute Gasteiger partial charge is 0.497 e. The molecule has 2 N–H and O–H groups in total. The van der Waals surface area contributed by atoms with Crippen LogP contribution in [0, 0.1) is 0 Å². The van der Waals surface area contributed by atoms with Crippen LogP contribution in [0.2, 0.25) is 5.02 Å². The Balaban J connectivity index is 1.74. The van der Waals surface area contributed by atoms with Crippen molar-refractivity contribution in [3.63, 3.8) is 0 Å². The number of anilines is 2. The van der Waals surface area contributed by atoms with Gasteiger partial charge < -0.3 is 29.6 Å². The molecule has 2 amide bonds. The van der Waals surface area contributed by atoms with E-state index in [1.807, 2.05) is 0 Å². The number of carbonyl (C=O) groups excluding carboxylic acids is 3. The highest BCUT2D eigenvalue weighted by atomic mass is 35.5. The van der Waals surface area contributed by atoms with Gasteiger partial charge in [-0.3, -0.25) is 14.4 Å². The molecule has 0 aliphatic rings. The molecule has 0 saturated heterocycles. The smallest absolute Gasteiger partial charge is 0.306 e. The third-order valence-electron chi connectivity index (χ3n) is 4.27. The predicted octanol–water partition coefficient (Wildman–Crippen LogP) is 3.66. The van der Waals surface area contributed by atoms with Crippen LogP contribution in [-0.4, -0.2) is 45.7 Å². The van der Waals surface area contributed by atoms with Crippen molar-refractivity contribution < 1.29 is 33.3 Å². The number of carbonyl (C=O) groups is 3. The summed E-state index contributed by atoms with van der Waals surface area (Å²) in [6, 6.07) is 9.78.